The van der Waals surface area contributed by atoms with Gasteiger partial charge >= 0.3 is 0 Å². The van der Waals surface area contributed by atoms with Gasteiger partial charge in [0.1, 0.15) is 0 Å². The minimum absolute atomic E-state index is 0.844. The van der Waals surface area contributed by atoms with Gasteiger partial charge in [-0.05, 0) is 38.6 Å². The fourth-order valence-electron chi connectivity index (χ4n) is 1.93. The highest BCUT2D eigenvalue weighted by Gasteiger charge is 1.87. The van der Waals surface area contributed by atoms with E-state index in [-0.39, 0.29) is 0 Å². The van der Waals surface area contributed by atoms with Crippen molar-refractivity contribution in [2.75, 3.05) is 6.54 Å². The van der Waals surface area contributed by atoms with Gasteiger partial charge in [-0.1, -0.05) is 75.5 Å². The van der Waals surface area contributed by atoms with Gasteiger partial charge in [0.05, 0.1) is 0 Å². The summed E-state index contributed by atoms with van der Waals surface area (Å²) < 4.78 is 0. The Bertz CT molecular complexity index is 238. The van der Waals surface area contributed by atoms with Crippen molar-refractivity contribution in [3.8, 4) is 0 Å². The molecule has 0 spiro atoms. The zero-order valence-corrected chi connectivity index (χ0v) is 12.8. The number of allylic oxidation sites excluding steroid dienone is 6. The Balaban J connectivity index is 3.27. The van der Waals surface area contributed by atoms with Crippen molar-refractivity contribution in [3.63, 3.8) is 0 Å². The molecule has 0 aliphatic heterocycles. The Hall–Kier alpha value is -0.820. The minimum atomic E-state index is 0.844. The normalized spacial score (nSPS) is 12.3. The van der Waals surface area contributed by atoms with Crippen LogP contribution < -0.4 is 5.73 Å². The SMILES string of the molecule is CCCCC\C=C/C=C/C=C/CCCCCCCN. The lowest BCUT2D eigenvalue weighted by Crippen LogP contribution is -1.97. The number of rotatable bonds is 13. The van der Waals surface area contributed by atoms with E-state index < -0.39 is 0 Å². The third-order valence-electron chi connectivity index (χ3n) is 3.15. The lowest BCUT2D eigenvalue weighted by atomic mass is 10.1. The molecule has 0 unspecified atom stereocenters. The highest BCUT2D eigenvalue weighted by atomic mass is 14.5. The van der Waals surface area contributed by atoms with Crippen LogP contribution in [-0.4, -0.2) is 6.54 Å². The first-order valence-corrected chi connectivity index (χ1v) is 8.10. The molecule has 0 aromatic heterocycles. The van der Waals surface area contributed by atoms with E-state index in [4.69, 9.17) is 5.73 Å². The Morgan fingerprint density at radius 3 is 1.74 bits per heavy atom. The fraction of sp³-hybridized carbons (Fsp3) is 0.667. The van der Waals surface area contributed by atoms with E-state index in [2.05, 4.69) is 43.4 Å². The van der Waals surface area contributed by atoms with E-state index in [1.54, 1.807) is 0 Å². The summed E-state index contributed by atoms with van der Waals surface area (Å²) in [6, 6.07) is 0. The Morgan fingerprint density at radius 1 is 0.632 bits per heavy atom. The molecule has 0 heterocycles. The van der Waals surface area contributed by atoms with Crippen molar-refractivity contribution >= 4 is 0 Å². The molecule has 0 aliphatic carbocycles. The van der Waals surface area contributed by atoms with Crippen molar-refractivity contribution in [1.82, 2.24) is 0 Å². The zero-order valence-electron chi connectivity index (χ0n) is 12.8. The number of hydrogen-bond acceptors (Lipinski definition) is 1. The van der Waals surface area contributed by atoms with Gasteiger partial charge < -0.3 is 5.73 Å². The molecule has 0 aromatic carbocycles. The summed E-state index contributed by atoms with van der Waals surface area (Å²) in [5, 5.41) is 0. The second-order valence-corrected chi connectivity index (χ2v) is 5.08. The topological polar surface area (TPSA) is 26.0 Å². The van der Waals surface area contributed by atoms with Crippen LogP contribution in [0, 0.1) is 0 Å². The maximum Gasteiger partial charge on any atom is -0.00773 e. The van der Waals surface area contributed by atoms with Crippen LogP contribution in [0.3, 0.4) is 0 Å². The second-order valence-electron chi connectivity index (χ2n) is 5.08. The molecule has 110 valence electrons. The van der Waals surface area contributed by atoms with Gasteiger partial charge in [0, 0.05) is 0 Å². The van der Waals surface area contributed by atoms with Crippen molar-refractivity contribution < 1.29 is 0 Å². The Kier molecular flexibility index (Phi) is 16.4. The molecule has 1 nitrogen and oxygen atoms in total. The molecule has 0 rings (SSSR count). The summed E-state index contributed by atoms with van der Waals surface area (Å²) in [5.74, 6) is 0. The number of unbranched alkanes of at least 4 members (excludes halogenated alkanes) is 8. The first kappa shape index (κ1) is 18.2. The molecule has 0 fully saturated rings. The molecular formula is C18H33N. The van der Waals surface area contributed by atoms with E-state index in [0.717, 1.165) is 6.54 Å². The first-order chi connectivity index (χ1) is 9.41. The van der Waals surface area contributed by atoms with Crippen LogP contribution in [0.5, 0.6) is 0 Å². The monoisotopic (exact) mass is 263 g/mol. The summed E-state index contributed by atoms with van der Waals surface area (Å²) >= 11 is 0. The van der Waals surface area contributed by atoms with Crippen molar-refractivity contribution in [2.45, 2.75) is 71.1 Å². The van der Waals surface area contributed by atoms with Gasteiger partial charge in [-0.25, -0.2) is 0 Å². The van der Waals surface area contributed by atoms with Crippen LogP contribution in [0.1, 0.15) is 71.1 Å². The Labute approximate surface area is 120 Å². The lowest BCUT2D eigenvalue weighted by Gasteiger charge is -1.97. The summed E-state index contributed by atoms with van der Waals surface area (Å²) in [6.45, 7) is 3.09. The molecule has 0 saturated carbocycles. The Morgan fingerprint density at radius 2 is 1.16 bits per heavy atom. The standard InChI is InChI=1S/C18H33N/c1-2-3-4-5-6-7-8-9-10-11-12-13-14-15-16-17-18-19/h6-11H,2-5,12-19H2,1H3/b7-6-,9-8+,11-10+. The molecule has 19 heavy (non-hydrogen) atoms. The van der Waals surface area contributed by atoms with E-state index in [0.29, 0.717) is 0 Å². The zero-order chi connectivity index (χ0) is 14.0. The molecular weight excluding hydrogens is 230 g/mol. The van der Waals surface area contributed by atoms with Crippen LogP contribution in [-0.2, 0) is 0 Å². The van der Waals surface area contributed by atoms with Crippen LogP contribution in [0.4, 0.5) is 0 Å². The largest absolute Gasteiger partial charge is 0.330 e. The molecule has 0 aliphatic rings. The second kappa shape index (κ2) is 17.2. The van der Waals surface area contributed by atoms with E-state index >= 15 is 0 Å². The molecule has 0 bridgehead atoms. The maximum absolute atomic E-state index is 5.46. The van der Waals surface area contributed by atoms with Crippen LogP contribution in [0.2, 0.25) is 0 Å². The molecule has 0 radical (unpaired) electrons. The predicted octanol–water partition coefficient (Wildman–Crippen LogP) is 5.53. The lowest BCUT2D eigenvalue weighted by molar-refractivity contribution is 0.622. The smallest absolute Gasteiger partial charge is 0.00773 e. The average Bonchev–Trinajstić information content (AvgIpc) is 2.43. The molecule has 1 heteroatoms. The van der Waals surface area contributed by atoms with Crippen molar-refractivity contribution in [1.29, 1.82) is 0 Å². The van der Waals surface area contributed by atoms with Gasteiger partial charge in [-0.15, -0.1) is 0 Å². The summed E-state index contributed by atoms with van der Waals surface area (Å²) in [5.41, 5.74) is 5.46. The third-order valence-corrected chi connectivity index (χ3v) is 3.15. The first-order valence-electron chi connectivity index (χ1n) is 8.10. The van der Waals surface area contributed by atoms with Gasteiger partial charge in [0.15, 0.2) is 0 Å². The molecule has 0 aromatic rings. The quantitative estimate of drug-likeness (QED) is 0.343. The van der Waals surface area contributed by atoms with Crippen molar-refractivity contribution in [2.24, 2.45) is 5.73 Å². The van der Waals surface area contributed by atoms with Crippen molar-refractivity contribution in [3.05, 3.63) is 36.5 Å². The van der Waals surface area contributed by atoms with Gasteiger partial charge in [-0.2, -0.15) is 0 Å². The predicted molar refractivity (Wildman–Crippen MR) is 88.3 cm³/mol. The minimum Gasteiger partial charge on any atom is -0.330 e. The summed E-state index contributed by atoms with van der Waals surface area (Å²) in [6.07, 6.45) is 26.0. The molecule has 0 amide bonds. The van der Waals surface area contributed by atoms with Crippen LogP contribution in [0.15, 0.2) is 36.5 Å². The highest BCUT2D eigenvalue weighted by molar-refractivity contribution is 5.10. The average molecular weight is 263 g/mol. The molecule has 0 atom stereocenters. The van der Waals surface area contributed by atoms with Gasteiger partial charge in [0.2, 0.25) is 0 Å². The van der Waals surface area contributed by atoms with E-state index in [1.807, 2.05) is 0 Å². The van der Waals surface area contributed by atoms with Gasteiger partial charge in [-0.3, -0.25) is 0 Å². The van der Waals surface area contributed by atoms with Crippen LogP contribution >= 0.6 is 0 Å². The highest BCUT2D eigenvalue weighted by Crippen LogP contribution is 2.05. The van der Waals surface area contributed by atoms with Gasteiger partial charge in [0.25, 0.3) is 0 Å². The van der Waals surface area contributed by atoms with E-state index in [1.165, 1.54) is 64.2 Å². The number of hydrogen-bond donors (Lipinski definition) is 1. The van der Waals surface area contributed by atoms with E-state index in [9.17, 15) is 0 Å². The summed E-state index contributed by atoms with van der Waals surface area (Å²) in [4.78, 5) is 0. The number of nitrogens with two attached hydrogens (primary N) is 1. The summed E-state index contributed by atoms with van der Waals surface area (Å²) in [7, 11) is 0. The van der Waals surface area contributed by atoms with Crippen LogP contribution in [0.25, 0.3) is 0 Å². The third kappa shape index (κ3) is 17.2. The molecule has 0 saturated heterocycles. The maximum atomic E-state index is 5.46. The molecule has 2 N–H and O–H groups in total. The fourth-order valence-corrected chi connectivity index (χ4v) is 1.93.